The first kappa shape index (κ1) is 14.0. The average molecular weight is 321 g/mol. The molecule has 2 heterocycles. The lowest BCUT2D eigenvalue weighted by molar-refractivity contribution is -0.115. The summed E-state index contributed by atoms with van der Waals surface area (Å²) in [6.07, 6.45) is 0.413. The Balaban J connectivity index is 2.09. The van der Waals surface area contributed by atoms with Crippen molar-refractivity contribution in [2.24, 2.45) is 0 Å². The molecule has 0 bridgehead atoms. The molecule has 0 unspecified atom stereocenters. The molecule has 0 saturated heterocycles. The van der Waals surface area contributed by atoms with Crippen LogP contribution in [0.25, 0.3) is 15.3 Å². The van der Waals surface area contributed by atoms with E-state index in [0.29, 0.717) is 22.4 Å². The number of amides is 1. The van der Waals surface area contributed by atoms with E-state index in [2.05, 4.69) is 15.4 Å². The zero-order valence-electron chi connectivity index (χ0n) is 11.6. The molecule has 0 fully saturated rings. The summed E-state index contributed by atoms with van der Waals surface area (Å²) in [5.41, 5.74) is 1.56. The number of carbonyl (C=O) groups excluding carboxylic acids is 1. The summed E-state index contributed by atoms with van der Waals surface area (Å²) in [5, 5.41) is 8.52. The van der Waals surface area contributed by atoms with Crippen molar-refractivity contribution in [3.8, 4) is 5.13 Å². The van der Waals surface area contributed by atoms with Gasteiger partial charge in [0.2, 0.25) is 11.0 Å². The summed E-state index contributed by atoms with van der Waals surface area (Å²) in [4.78, 5) is 16.1. The summed E-state index contributed by atoms with van der Waals surface area (Å²) in [5.74, 6) is 0.560. The summed E-state index contributed by atoms with van der Waals surface area (Å²) >= 11 is 7.63. The van der Waals surface area contributed by atoms with E-state index < -0.39 is 0 Å². The number of hydrogen-bond acceptors (Lipinski definition) is 4. The van der Waals surface area contributed by atoms with Crippen LogP contribution >= 0.6 is 22.9 Å². The minimum absolute atomic E-state index is 0.0599. The lowest BCUT2D eigenvalue weighted by Crippen LogP contribution is -2.13. The van der Waals surface area contributed by atoms with E-state index in [-0.39, 0.29) is 5.91 Å². The van der Waals surface area contributed by atoms with Crippen molar-refractivity contribution in [2.75, 3.05) is 5.32 Å². The van der Waals surface area contributed by atoms with Crippen molar-refractivity contribution >= 4 is 44.9 Å². The number of aryl methyl sites for hydroxylation is 1. The zero-order chi connectivity index (χ0) is 15.0. The molecule has 0 atom stereocenters. The van der Waals surface area contributed by atoms with Crippen LogP contribution in [0.5, 0.6) is 0 Å². The number of anilines is 1. The van der Waals surface area contributed by atoms with Gasteiger partial charge in [-0.15, -0.1) is 0 Å². The SMILES string of the molecule is CCC(=O)Nc1cc(C)nn1-c1nc2c(Cl)cccc2s1. The highest BCUT2D eigenvalue weighted by Gasteiger charge is 2.14. The van der Waals surface area contributed by atoms with Gasteiger partial charge in [-0.1, -0.05) is 35.9 Å². The lowest BCUT2D eigenvalue weighted by Gasteiger charge is -2.04. The highest BCUT2D eigenvalue weighted by atomic mass is 35.5. The number of nitrogens with zero attached hydrogens (tertiary/aromatic N) is 3. The number of thiazole rings is 1. The maximum Gasteiger partial charge on any atom is 0.225 e. The molecule has 0 radical (unpaired) electrons. The maximum absolute atomic E-state index is 11.6. The lowest BCUT2D eigenvalue weighted by atomic mass is 10.3. The predicted molar refractivity (Wildman–Crippen MR) is 85.4 cm³/mol. The van der Waals surface area contributed by atoms with Gasteiger partial charge in [0.05, 0.1) is 15.4 Å². The van der Waals surface area contributed by atoms with Crippen LogP contribution in [0.15, 0.2) is 24.3 Å². The summed E-state index contributed by atoms with van der Waals surface area (Å²) < 4.78 is 2.63. The number of nitrogens with one attached hydrogen (secondary N) is 1. The Bertz CT molecular complexity index is 824. The minimum atomic E-state index is -0.0599. The first-order chi connectivity index (χ1) is 10.1. The Kier molecular flexibility index (Phi) is 3.65. The molecule has 5 nitrogen and oxygen atoms in total. The monoisotopic (exact) mass is 320 g/mol. The summed E-state index contributed by atoms with van der Waals surface area (Å²) in [6, 6.07) is 7.48. The summed E-state index contributed by atoms with van der Waals surface area (Å²) in [6.45, 7) is 3.68. The molecular formula is C14H13ClN4OS. The van der Waals surface area contributed by atoms with Crippen molar-refractivity contribution in [2.45, 2.75) is 20.3 Å². The molecule has 0 aliphatic heterocycles. The van der Waals surface area contributed by atoms with Crippen LogP contribution in [0.1, 0.15) is 19.0 Å². The number of carbonyl (C=O) groups is 1. The molecule has 0 aliphatic rings. The van der Waals surface area contributed by atoms with Crippen LogP contribution < -0.4 is 5.32 Å². The molecule has 7 heteroatoms. The van der Waals surface area contributed by atoms with Gasteiger partial charge in [0.1, 0.15) is 11.3 Å². The van der Waals surface area contributed by atoms with Crippen LogP contribution in [-0.4, -0.2) is 20.7 Å². The van der Waals surface area contributed by atoms with Gasteiger partial charge in [0.25, 0.3) is 0 Å². The van der Waals surface area contributed by atoms with Crippen molar-refractivity contribution in [3.63, 3.8) is 0 Å². The van der Waals surface area contributed by atoms with Crippen LogP contribution in [0.3, 0.4) is 0 Å². The van der Waals surface area contributed by atoms with Crippen molar-refractivity contribution in [1.82, 2.24) is 14.8 Å². The molecule has 2 aromatic heterocycles. The van der Waals surface area contributed by atoms with E-state index in [9.17, 15) is 4.79 Å². The molecule has 0 aliphatic carbocycles. The number of rotatable bonds is 3. The van der Waals surface area contributed by atoms with E-state index in [1.165, 1.54) is 11.3 Å². The molecule has 3 aromatic rings. The highest BCUT2D eigenvalue weighted by Crippen LogP contribution is 2.31. The fourth-order valence-electron chi connectivity index (χ4n) is 1.96. The zero-order valence-corrected chi connectivity index (χ0v) is 13.1. The fraction of sp³-hybridized carbons (Fsp3) is 0.214. The van der Waals surface area contributed by atoms with E-state index in [1.54, 1.807) is 11.6 Å². The fourth-order valence-corrected chi connectivity index (χ4v) is 3.19. The first-order valence-corrected chi connectivity index (χ1v) is 7.70. The van der Waals surface area contributed by atoms with Crippen molar-refractivity contribution in [1.29, 1.82) is 0 Å². The van der Waals surface area contributed by atoms with Crippen molar-refractivity contribution in [3.05, 3.63) is 35.0 Å². The molecule has 21 heavy (non-hydrogen) atoms. The number of hydrogen-bond donors (Lipinski definition) is 1. The predicted octanol–water partition coefficient (Wildman–Crippen LogP) is 3.79. The normalized spacial score (nSPS) is 11.0. The third kappa shape index (κ3) is 2.64. The largest absolute Gasteiger partial charge is 0.311 e. The molecule has 1 amide bonds. The minimum Gasteiger partial charge on any atom is -0.311 e. The molecule has 108 valence electrons. The summed E-state index contributed by atoms with van der Waals surface area (Å²) in [7, 11) is 0. The second kappa shape index (κ2) is 5.46. The van der Waals surface area contributed by atoms with E-state index in [4.69, 9.17) is 11.6 Å². The molecule has 0 saturated carbocycles. The maximum atomic E-state index is 11.6. The highest BCUT2D eigenvalue weighted by molar-refractivity contribution is 7.20. The van der Waals surface area contributed by atoms with Gasteiger partial charge in [-0.25, -0.2) is 4.98 Å². The van der Waals surface area contributed by atoms with Crippen LogP contribution in [-0.2, 0) is 4.79 Å². The van der Waals surface area contributed by atoms with E-state index in [1.807, 2.05) is 31.2 Å². The third-order valence-corrected chi connectivity index (χ3v) is 4.26. The number of halogens is 1. The van der Waals surface area contributed by atoms with Crippen LogP contribution in [0.2, 0.25) is 5.02 Å². The topological polar surface area (TPSA) is 59.8 Å². The Hall–Kier alpha value is -1.92. The Labute approximate surface area is 130 Å². The van der Waals surface area contributed by atoms with E-state index >= 15 is 0 Å². The van der Waals surface area contributed by atoms with Crippen molar-refractivity contribution < 1.29 is 4.79 Å². The molecule has 1 N–H and O–H groups in total. The molecule has 3 rings (SSSR count). The van der Waals surface area contributed by atoms with Crippen LogP contribution in [0, 0.1) is 6.92 Å². The van der Waals surface area contributed by atoms with Gasteiger partial charge in [-0.3, -0.25) is 4.79 Å². The average Bonchev–Trinajstić information content (AvgIpc) is 3.03. The second-order valence-electron chi connectivity index (χ2n) is 4.57. The van der Waals surface area contributed by atoms with Gasteiger partial charge in [0.15, 0.2) is 0 Å². The Morgan fingerprint density at radius 1 is 1.48 bits per heavy atom. The number of benzene rings is 1. The standard InChI is InChI=1S/C14H13ClN4OS/c1-3-12(20)16-11-7-8(2)18-19(11)14-17-13-9(15)5-4-6-10(13)21-14/h4-7H,3H2,1-2H3,(H,16,20). The number of fused-ring (bicyclic) bond motifs is 1. The smallest absolute Gasteiger partial charge is 0.225 e. The molecular weight excluding hydrogens is 308 g/mol. The Morgan fingerprint density at radius 2 is 2.29 bits per heavy atom. The van der Waals surface area contributed by atoms with Gasteiger partial charge in [0, 0.05) is 12.5 Å². The first-order valence-electron chi connectivity index (χ1n) is 6.50. The second-order valence-corrected chi connectivity index (χ2v) is 5.98. The number of aromatic nitrogens is 3. The Morgan fingerprint density at radius 3 is 3.00 bits per heavy atom. The van der Waals surface area contributed by atoms with Crippen LogP contribution in [0.4, 0.5) is 5.82 Å². The van der Waals surface area contributed by atoms with Gasteiger partial charge < -0.3 is 5.32 Å². The van der Waals surface area contributed by atoms with Gasteiger partial charge in [-0.2, -0.15) is 9.78 Å². The molecule has 0 spiro atoms. The van der Waals surface area contributed by atoms with E-state index in [0.717, 1.165) is 15.9 Å². The third-order valence-electron chi connectivity index (χ3n) is 2.96. The van der Waals surface area contributed by atoms with Gasteiger partial charge >= 0.3 is 0 Å². The molecule has 1 aromatic carbocycles. The number of para-hydroxylation sites is 1. The quantitative estimate of drug-likeness (QED) is 0.798. The van der Waals surface area contributed by atoms with Gasteiger partial charge in [-0.05, 0) is 19.1 Å².